The molecule has 0 spiro atoms. The number of benzene rings is 1. The Kier molecular flexibility index (Phi) is 6.65. The quantitative estimate of drug-likeness (QED) is 0.721. The van der Waals surface area contributed by atoms with Crippen LogP contribution in [0.15, 0.2) is 27.8 Å². The number of nitrogens with two attached hydrogens (primary N) is 1. The molecule has 1 atom stereocenters. The minimum absolute atomic E-state index is 0.160. The van der Waals surface area contributed by atoms with Gasteiger partial charge < -0.3 is 15.5 Å². The molecule has 1 aromatic carbocycles. The van der Waals surface area contributed by atoms with E-state index in [-0.39, 0.29) is 17.7 Å². The molecule has 1 amide bonds. The zero-order valence-corrected chi connectivity index (χ0v) is 15.4. The molecule has 1 unspecified atom stereocenters. The molecule has 8 heteroatoms. The van der Waals surface area contributed by atoms with Crippen molar-refractivity contribution in [3.63, 3.8) is 0 Å². The second kappa shape index (κ2) is 8.50. The first-order valence-corrected chi connectivity index (χ1v) is 9.00. The van der Waals surface area contributed by atoms with Crippen molar-refractivity contribution in [1.82, 2.24) is 10.2 Å². The van der Waals surface area contributed by atoms with Gasteiger partial charge in [0.15, 0.2) is 0 Å². The van der Waals surface area contributed by atoms with Crippen LogP contribution in [-0.2, 0) is 4.79 Å². The number of nitrogens with zero attached hydrogens (tertiary/aromatic N) is 2. The number of aromatic nitrogens is 2. The Balaban J connectivity index is 1.88. The standard InChI is InChI=1S/C16H21ClN4O2S/c1-9(2)7-12(18)15-20-21-16(23-15)24-8-14(22)19-13-6-4-5-11(17)10(13)3/h4-6,9,12H,7-8,18H2,1-3H3,(H,19,22). The third-order valence-electron chi connectivity index (χ3n) is 3.33. The predicted molar refractivity (Wildman–Crippen MR) is 96.2 cm³/mol. The van der Waals surface area contributed by atoms with Gasteiger partial charge in [0.05, 0.1) is 11.8 Å². The molecule has 0 aliphatic rings. The van der Waals surface area contributed by atoms with Gasteiger partial charge in [0.1, 0.15) is 0 Å². The smallest absolute Gasteiger partial charge is 0.277 e. The number of rotatable bonds is 7. The second-order valence-electron chi connectivity index (χ2n) is 5.89. The maximum Gasteiger partial charge on any atom is 0.277 e. The Morgan fingerprint density at radius 3 is 2.88 bits per heavy atom. The highest BCUT2D eigenvalue weighted by Crippen LogP contribution is 2.24. The summed E-state index contributed by atoms with van der Waals surface area (Å²) in [6, 6.07) is 5.09. The lowest BCUT2D eigenvalue weighted by Crippen LogP contribution is -2.14. The van der Waals surface area contributed by atoms with Gasteiger partial charge in [-0.1, -0.05) is 43.3 Å². The normalized spacial score (nSPS) is 12.4. The van der Waals surface area contributed by atoms with Gasteiger partial charge in [-0.15, -0.1) is 10.2 Å². The van der Waals surface area contributed by atoms with Gasteiger partial charge in [0.25, 0.3) is 5.22 Å². The molecule has 0 fully saturated rings. The van der Waals surface area contributed by atoms with Crippen molar-refractivity contribution in [2.45, 2.75) is 38.5 Å². The fourth-order valence-corrected chi connectivity index (χ4v) is 2.84. The van der Waals surface area contributed by atoms with Gasteiger partial charge in [-0.2, -0.15) is 0 Å². The fourth-order valence-electron chi connectivity index (χ4n) is 2.09. The van der Waals surface area contributed by atoms with E-state index in [0.717, 1.165) is 12.0 Å². The molecule has 1 heterocycles. The number of halogens is 1. The summed E-state index contributed by atoms with van der Waals surface area (Å²) in [4.78, 5) is 12.0. The van der Waals surface area contributed by atoms with Crippen molar-refractivity contribution >= 4 is 35.0 Å². The summed E-state index contributed by atoms with van der Waals surface area (Å²) in [5.74, 6) is 0.830. The molecule has 0 bridgehead atoms. The minimum Gasteiger partial charge on any atom is -0.414 e. The summed E-state index contributed by atoms with van der Waals surface area (Å²) < 4.78 is 5.50. The average Bonchev–Trinajstić information content (AvgIpc) is 2.98. The molecular formula is C16H21ClN4O2S. The third kappa shape index (κ3) is 5.22. The van der Waals surface area contributed by atoms with E-state index in [1.54, 1.807) is 18.2 Å². The summed E-state index contributed by atoms with van der Waals surface area (Å²) in [5, 5.41) is 11.6. The highest BCUT2D eigenvalue weighted by molar-refractivity contribution is 7.99. The summed E-state index contributed by atoms with van der Waals surface area (Å²) in [7, 11) is 0. The van der Waals surface area contributed by atoms with Crippen molar-refractivity contribution in [2.24, 2.45) is 11.7 Å². The van der Waals surface area contributed by atoms with E-state index in [1.165, 1.54) is 11.8 Å². The van der Waals surface area contributed by atoms with Gasteiger partial charge >= 0.3 is 0 Å². The zero-order valence-electron chi connectivity index (χ0n) is 13.9. The van der Waals surface area contributed by atoms with E-state index < -0.39 is 0 Å². The molecule has 0 aliphatic heterocycles. The van der Waals surface area contributed by atoms with Crippen molar-refractivity contribution in [3.8, 4) is 0 Å². The molecule has 130 valence electrons. The first kappa shape index (κ1) is 18.8. The highest BCUT2D eigenvalue weighted by Gasteiger charge is 2.17. The number of carbonyl (C=O) groups excluding carboxylic acids is 1. The van der Waals surface area contributed by atoms with Crippen molar-refractivity contribution < 1.29 is 9.21 Å². The topological polar surface area (TPSA) is 94.0 Å². The average molecular weight is 369 g/mol. The first-order valence-electron chi connectivity index (χ1n) is 7.63. The van der Waals surface area contributed by atoms with Crippen LogP contribution in [0.4, 0.5) is 5.69 Å². The third-order valence-corrected chi connectivity index (χ3v) is 4.56. The zero-order chi connectivity index (χ0) is 17.7. The van der Waals surface area contributed by atoms with E-state index in [1.807, 2.05) is 6.92 Å². The van der Waals surface area contributed by atoms with Crippen LogP contribution >= 0.6 is 23.4 Å². The Morgan fingerprint density at radius 2 is 2.17 bits per heavy atom. The largest absolute Gasteiger partial charge is 0.414 e. The molecule has 6 nitrogen and oxygen atoms in total. The summed E-state index contributed by atoms with van der Waals surface area (Å²) in [6.45, 7) is 6.01. The van der Waals surface area contributed by atoms with Crippen molar-refractivity contribution in [1.29, 1.82) is 0 Å². The van der Waals surface area contributed by atoms with Crippen LogP contribution in [0.1, 0.15) is 37.8 Å². The number of thioether (sulfide) groups is 1. The molecule has 0 radical (unpaired) electrons. The Morgan fingerprint density at radius 1 is 1.42 bits per heavy atom. The summed E-state index contributed by atoms with van der Waals surface area (Å²) in [6.07, 6.45) is 0.765. The van der Waals surface area contributed by atoms with E-state index >= 15 is 0 Å². The van der Waals surface area contributed by atoms with Crippen LogP contribution in [-0.4, -0.2) is 21.9 Å². The van der Waals surface area contributed by atoms with Gasteiger partial charge in [0, 0.05) is 10.7 Å². The van der Waals surface area contributed by atoms with E-state index in [2.05, 4.69) is 29.4 Å². The van der Waals surface area contributed by atoms with Crippen LogP contribution in [0.3, 0.4) is 0 Å². The number of anilines is 1. The molecule has 0 saturated heterocycles. The second-order valence-corrected chi connectivity index (χ2v) is 7.23. The molecule has 0 saturated carbocycles. The molecule has 3 N–H and O–H groups in total. The van der Waals surface area contributed by atoms with Gasteiger partial charge in [-0.3, -0.25) is 4.79 Å². The van der Waals surface area contributed by atoms with Crippen molar-refractivity contribution in [2.75, 3.05) is 11.1 Å². The van der Waals surface area contributed by atoms with E-state index in [4.69, 9.17) is 21.8 Å². The maximum atomic E-state index is 12.0. The maximum absolute atomic E-state index is 12.0. The number of nitrogens with one attached hydrogen (secondary N) is 1. The van der Waals surface area contributed by atoms with Crippen LogP contribution in [0.5, 0.6) is 0 Å². The molecule has 2 aromatic rings. The summed E-state index contributed by atoms with van der Waals surface area (Å²) in [5.41, 5.74) is 7.52. The first-order chi connectivity index (χ1) is 11.4. The lowest BCUT2D eigenvalue weighted by atomic mass is 10.1. The lowest BCUT2D eigenvalue weighted by Gasteiger charge is -2.09. The monoisotopic (exact) mass is 368 g/mol. The van der Waals surface area contributed by atoms with Gasteiger partial charge in [-0.25, -0.2) is 0 Å². The number of hydrogen-bond acceptors (Lipinski definition) is 6. The number of hydrogen-bond donors (Lipinski definition) is 2. The molecule has 24 heavy (non-hydrogen) atoms. The van der Waals surface area contributed by atoms with E-state index in [0.29, 0.717) is 27.7 Å². The molecule has 0 aliphatic carbocycles. The number of amides is 1. The molecule has 1 aromatic heterocycles. The Labute approximate surface area is 150 Å². The fraction of sp³-hybridized carbons (Fsp3) is 0.438. The van der Waals surface area contributed by atoms with Crippen molar-refractivity contribution in [3.05, 3.63) is 34.7 Å². The van der Waals surface area contributed by atoms with Crippen LogP contribution < -0.4 is 11.1 Å². The summed E-state index contributed by atoms with van der Waals surface area (Å²) >= 11 is 7.21. The Hall–Kier alpha value is -1.57. The molecular weight excluding hydrogens is 348 g/mol. The molecule has 2 rings (SSSR count). The van der Waals surface area contributed by atoms with Gasteiger partial charge in [0.2, 0.25) is 11.8 Å². The van der Waals surface area contributed by atoms with Crippen LogP contribution in [0, 0.1) is 12.8 Å². The lowest BCUT2D eigenvalue weighted by molar-refractivity contribution is -0.113. The minimum atomic E-state index is -0.283. The van der Waals surface area contributed by atoms with Crippen LogP contribution in [0.25, 0.3) is 0 Å². The predicted octanol–water partition coefficient (Wildman–Crippen LogP) is 3.81. The Bertz CT molecular complexity index is 705. The number of carbonyl (C=O) groups is 1. The SMILES string of the molecule is Cc1c(Cl)cccc1NC(=O)CSc1nnc(C(N)CC(C)C)o1. The van der Waals surface area contributed by atoms with Crippen LogP contribution in [0.2, 0.25) is 5.02 Å². The van der Waals surface area contributed by atoms with E-state index in [9.17, 15) is 4.79 Å². The van der Waals surface area contributed by atoms with Gasteiger partial charge in [-0.05, 0) is 37.0 Å². The highest BCUT2D eigenvalue weighted by atomic mass is 35.5.